The van der Waals surface area contributed by atoms with Crippen LogP contribution in [0.2, 0.25) is 0 Å². The highest BCUT2D eigenvalue weighted by molar-refractivity contribution is 7.80. The molecular formula is C21H14F2OS. The predicted molar refractivity (Wildman–Crippen MR) is 101 cm³/mol. The molecule has 0 amide bonds. The molecule has 0 aliphatic rings. The number of halogens is 2. The number of methoxy groups -OCH3 is 1. The molecule has 4 aromatic carbocycles. The van der Waals surface area contributed by atoms with E-state index in [1.807, 2.05) is 24.3 Å². The Labute approximate surface area is 149 Å². The van der Waals surface area contributed by atoms with E-state index in [4.69, 9.17) is 4.74 Å². The van der Waals surface area contributed by atoms with Crippen LogP contribution < -0.4 is 4.74 Å². The lowest BCUT2D eigenvalue weighted by Crippen LogP contribution is -1.93. The van der Waals surface area contributed by atoms with Gasteiger partial charge < -0.3 is 4.74 Å². The zero-order valence-electron chi connectivity index (χ0n) is 13.4. The number of ether oxygens (including phenoxy) is 1. The fourth-order valence-corrected chi connectivity index (χ4v) is 3.57. The van der Waals surface area contributed by atoms with Crippen molar-refractivity contribution in [3.63, 3.8) is 0 Å². The fraction of sp³-hybridized carbons (Fsp3) is 0.0476. The third-order valence-electron chi connectivity index (χ3n) is 4.37. The van der Waals surface area contributed by atoms with E-state index in [0.717, 1.165) is 37.6 Å². The minimum atomic E-state index is -0.297. The van der Waals surface area contributed by atoms with E-state index < -0.39 is 0 Å². The van der Waals surface area contributed by atoms with Gasteiger partial charge in [0.2, 0.25) is 0 Å². The normalized spacial score (nSPS) is 11.2. The molecule has 4 rings (SSSR count). The summed E-state index contributed by atoms with van der Waals surface area (Å²) in [4.78, 5) is 0.745. The van der Waals surface area contributed by atoms with E-state index in [0.29, 0.717) is 5.75 Å². The van der Waals surface area contributed by atoms with Gasteiger partial charge in [-0.05, 0) is 57.9 Å². The third kappa shape index (κ3) is 2.63. The van der Waals surface area contributed by atoms with Gasteiger partial charge in [0.25, 0.3) is 0 Å². The Bertz CT molecular complexity index is 1120. The summed E-state index contributed by atoms with van der Waals surface area (Å²) in [6.07, 6.45) is 0. The maximum atomic E-state index is 13.6. The van der Waals surface area contributed by atoms with Crippen LogP contribution in [0.25, 0.3) is 32.7 Å². The molecule has 4 aromatic rings. The Hall–Kier alpha value is -2.59. The van der Waals surface area contributed by atoms with E-state index in [1.165, 1.54) is 24.3 Å². The third-order valence-corrected chi connectivity index (χ3v) is 4.75. The molecule has 124 valence electrons. The average Bonchev–Trinajstić information content (AvgIpc) is 2.61. The summed E-state index contributed by atoms with van der Waals surface area (Å²) >= 11 is 4.62. The van der Waals surface area contributed by atoms with Crippen molar-refractivity contribution in [2.75, 3.05) is 7.11 Å². The maximum absolute atomic E-state index is 13.6. The molecule has 0 fully saturated rings. The highest BCUT2D eigenvalue weighted by Crippen LogP contribution is 2.43. The van der Waals surface area contributed by atoms with Crippen LogP contribution in [-0.2, 0) is 0 Å². The zero-order chi connectivity index (χ0) is 17.6. The van der Waals surface area contributed by atoms with Gasteiger partial charge in [0, 0.05) is 16.0 Å². The first kappa shape index (κ1) is 15.9. The Morgan fingerprint density at radius 1 is 0.720 bits per heavy atom. The molecule has 1 nitrogen and oxygen atoms in total. The van der Waals surface area contributed by atoms with Crippen molar-refractivity contribution in [2.24, 2.45) is 0 Å². The van der Waals surface area contributed by atoms with Crippen molar-refractivity contribution in [1.82, 2.24) is 0 Å². The second-order valence-corrected chi connectivity index (χ2v) is 6.32. The minimum Gasteiger partial charge on any atom is -0.496 e. The van der Waals surface area contributed by atoms with Gasteiger partial charge in [-0.2, -0.15) is 0 Å². The minimum absolute atomic E-state index is 0.294. The van der Waals surface area contributed by atoms with E-state index >= 15 is 0 Å². The van der Waals surface area contributed by atoms with Gasteiger partial charge in [0.05, 0.1) is 7.11 Å². The Morgan fingerprint density at radius 3 is 1.88 bits per heavy atom. The lowest BCUT2D eigenvalue weighted by Gasteiger charge is -2.16. The van der Waals surface area contributed by atoms with Crippen molar-refractivity contribution in [2.45, 2.75) is 4.90 Å². The standard InChI is InChI=1S/C21H14F2OS/c1-24-18-8-2-12-10-14(22)4-6-16(12)20(18)21-17-7-5-15(23)11-13(17)3-9-19(21)25/h2-11,25H,1H3. The summed E-state index contributed by atoms with van der Waals surface area (Å²) in [6, 6.07) is 16.6. The molecule has 0 bridgehead atoms. The van der Waals surface area contributed by atoms with Crippen molar-refractivity contribution >= 4 is 34.2 Å². The first-order valence-corrected chi connectivity index (χ1v) is 8.21. The van der Waals surface area contributed by atoms with Crippen LogP contribution in [-0.4, -0.2) is 7.11 Å². The number of fused-ring (bicyclic) bond motifs is 2. The largest absolute Gasteiger partial charge is 0.496 e. The highest BCUT2D eigenvalue weighted by atomic mass is 32.1. The summed E-state index contributed by atoms with van der Waals surface area (Å²) in [6.45, 7) is 0. The lowest BCUT2D eigenvalue weighted by molar-refractivity contribution is 0.417. The maximum Gasteiger partial charge on any atom is 0.127 e. The summed E-state index contributed by atoms with van der Waals surface area (Å²) in [5, 5.41) is 3.26. The van der Waals surface area contributed by atoms with Crippen LogP contribution in [0, 0.1) is 11.6 Å². The zero-order valence-corrected chi connectivity index (χ0v) is 14.3. The number of hydrogen-bond donors (Lipinski definition) is 1. The van der Waals surface area contributed by atoms with Gasteiger partial charge in [-0.15, -0.1) is 12.6 Å². The molecule has 0 heterocycles. The summed E-state index contributed by atoms with van der Waals surface area (Å²) in [5.41, 5.74) is 1.66. The van der Waals surface area contributed by atoms with E-state index in [-0.39, 0.29) is 11.6 Å². The van der Waals surface area contributed by atoms with Gasteiger partial charge in [-0.3, -0.25) is 0 Å². The van der Waals surface area contributed by atoms with Crippen molar-refractivity contribution in [1.29, 1.82) is 0 Å². The number of thiol groups is 1. The van der Waals surface area contributed by atoms with Crippen molar-refractivity contribution < 1.29 is 13.5 Å². The molecule has 0 unspecified atom stereocenters. The quantitative estimate of drug-likeness (QED) is 0.420. The fourth-order valence-electron chi connectivity index (χ4n) is 3.26. The summed E-state index contributed by atoms with van der Waals surface area (Å²) < 4.78 is 32.8. The number of hydrogen-bond acceptors (Lipinski definition) is 2. The van der Waals surface area contributed by atoms with Gasteiger partial charge in [0.1, 0.15) is 17.4 Å². The summed E-state index contributed by atoms with van der Waals surface area (Å²) in [7, 11) is 1.59. The Morgan fingerprint density at radius 2 is 1.28 bits per heavy atom. The van der Waals surface area contributed by atoms with Gasteiger partial charge in [-0.25, -0.2) is 8.78 Å². The van der Waals surface area contributed by atoms with Crippen LogP contribution in [0.3, 0.4) is 0 Å². The number of benzene rings is 4. The van der Waals surface area contributed by atoms with Gasteiger partial charge >= 0.3 is 0 Å². The molecule has 0 aliphatic carbocycles. The molecule has 25 heavy (non-hydrogen) atoms. The first-order chi connectivity index (χ1) is 12.1. The second kappa shape index (κ2) is 6.05. The van der Waals surface area contributed by atoms with E-state index in [9.17, 15) is 8.78 Å². The van der Waals surface area contributed by atoms with Crippen molar-refractivity contribution in [3.05, 3.63) is 72.3 Å². The van der Waals surface area contributed by atoms with Crippen molar-refractivity contribution in [3.8, 4) is 16.9 Å². The smallest absolute Gasteiger partial charge is 0.127 e. The molecule has 0 aromatic heterocycles. The first-order valence-electron chi connectivity index (χ1n) is 7.76. The monoisotopic (exact) mass is 352 g/mol. The average molecular weight is 352 g/mol. The van der Waals surface area contributed by atoms with Gasteiger partial charge in [-0.1, -0.05) is 24.3 Å². The molecule has 0 atom stereocenters. The van der Waals surface area contributed by atoms with E-state index in [1.54, 1.807) is 19.2 Å². The van der Waals surface area contributed by atoms with Crippen LogP contribution in [0.1, 0.15) is 0 Å². The van der Waals surface area contributed by atoms with Crippen LogP contribution >= 0.6 is 12.6 Å². The van der Waals surface area contributed by atoms with Crippen LogP contribution in [0.4, 0.5) is 8.78 Å². The molecule has 0 spiro atoms. The molecule has 0 saturated carbocycles. The number of rotatable bonds is 2. The lowest BCUT2D eigenvalue weighted by atomic mass is 9.93. The molecule has 4 heteroatoms. The molecular weight excluding hydrogens is 338 g/mol. The molecule has 0 radical (unpaired) electrons. The topological polar surface area (TPSA) is 9.23 Å². The van der Waals surface area contributed by atoms with Crippen LogP contribution in [0.15, 0.2) is 65.6 Å². The SMILES string of the molecule is COc1ccc2cc(F)ccc2c1-c1c(S)ccc2cc(F)ccc12. The highest BCUT2D eigenvalue weighted by Gasteiger charge is 2.17. The second-order valence-electron chi connectivity index (χ2n) is 5.83. The predicted octanol–water partition coefficient (Wildman–Crippen LogP) is 6.24. The van der Waals surface area contributed by atoms with Crippen LogP contribution in [0.5, 0.6) is 5.75 Å². The molecule has 0 saturated heterocycles. The van der Waals surface area contributed by atoms with E-state index in [2.05, 4.69) is 12.6 Å². The van der Waals surface area contributed by atoms with Gasteiger partial charge in [0.15, 0.2) is 0 Å². The Balaban J connectivity index is 2.18. The molecule has 0 N–H and O–H groups in total. The molecule has 0 aliphatic heterocycles. The summed E-state index contributed by atoms with van der Waals surface area (Å²) in [5.74, 6) is 0.0678. The Kier molecular flexibility index (Phi) is 3.85.